The third-order valence-corrected chi connectivity index (χ3v) is 2.18. The van der Waals surface area contributed by atoms with Gasteiger partial charge in [0, 0.05) is 0 Å². The summed E-state index contributed by atoms with van der Waals surface area (Å²) in [6, 6.07) is 7.25. The first-order valence-electron chi connectivity index (χ1n) is 4.54. The molecule has 1 aromatic carbocycles. The van der Waals surface area contributed by atoms with Crippen LogP contribution >= 0.6 is 0 Å². The van der Waals surface area contributed by atoms with Crippen LogP contribution in [0.15, 0.2) is 24.3 Å². The number of rotatable bonds is 2. The lowest BCUT2D eigenvalue weighted by molar-refractivity contribution is -0.174. The first-order chi connectivity index (χ1) is 7.24. The van der Waals surface area contributed by atoms with E-state index in [4.69, 9.17) is 5.26 Å². The van der Waals surface area contributed by atoms with Crippen molar-refractivity contribution in [1.29, 1.82) is 5.26 Å². The second kappa shape index (κ2) is 4.14. The van der Waals surface area contributed by atoms with E-state index in [2.05, 4.69) is 0 Å². The molecule has 1 aromatic rings. The molecule has 0 saturated carbocycles. The van der Waals surface area contributed by atoms with Gasteiger partial charge >= 0.3 is 6.18 Å². The fourth-order valence-corrected chi connectivity index (χ4v) is 1.40. The van der Waals surface area contributed by atoms with Gasteiger partial charge in [0.15, 0.2) is 0 Å². The molecule has 0 spiro atoms. The molecule has 16 heavy (non-hydrogen) atoms. The molecule has 0 radical (unpaired) electrons. The zero-order valence-electron chi connectivity index (χ0n) is 8.54. The molecule has 0 aliphatic rings. The van der Waals surface area contributed by atoms with Gasteiger partial charge in [-0.1, -0.05) is 12.1 Å². The molecule has 0 fully saturated rings. The van der Waals surface area contributed by atoms with Gasteiger partial charge in [-0.2, -0.15) is 18.4 Å². The van der Waals surface area contributed by atoms with Crippen molar-refractivity contribution < 1.29 is 18.3 Å². The predicted octanol–water partition coefficient (Wildman–Crippen LogP) is 2.72. The summed E-state index contributed by atoms with van der Waals surface area (Å²) in [7, 11) is 0. The van der Waals surface area contributed by atoms with E-state index in [0.29, 0.717) is 5.56 Å². The van der Waals surface area contributed by atoms with Crippen LogP contribution in [0, 0.1) is 11.3 Å². The number of nitriles is 1. The minimum Gasteiger partial charge on any atom is -0.385 e. The predicted molar refractivity (Wildman–Crippen MR) is 51.4 cm³/mol. The van der Waals surface area contributed by atoms with E-state index in [1.807, 2.05) is 6.07 Å². The fraction of sp³-hybridized carbons (Fsp3) is 0.364. The van der Waals surface area contributed by atoms with Gasteiger partial charge in [-0.3, -0.25) is 0 Å². The number of nitrogens with zero attached hydrogens (tertiary/aromatic N) is 1. The molecule has 5 heteroatoms. The molecule has 1 atom stereocenters. The standard InChI is InChI=1S/C11H10F3NO/c1-10(16,7-11(12,13)14)9-4-2-8(6-15)3-5-9/h2-5,16H,7H2,1H3. The largest absolute Gasteiger partial charge is 0.392 e. The van der Waals surface area contributed by atoms with Crippen molar-refractivity contribution in [1.82, 2.24) is 0 Å². The van der Waals surface area contributed by atoms with Crippen LogP contribution in [0.5, 0.6) is 0 Å². The molecule has 0 amide bonds. The fourth-order valence-electron chi connectivity index (χ4n) is 1.40. The maximum Gasteiger partial charge on any atom is 0.392 e. The molecule has 0 saturated heterocycles. The van der Waals surface area contributed by atoms with Crippen molar-refractivity contribution in [2.24, 2.45) is 0 Å². The summed E-state index contributed by atoms with van der Waals surface area (Å²) in [5.74, 6) is 0. The Morgan fingerprint density at radius 3 is 2.12 bits per heavy atom. The molecular weight excluding hydrogens is 219 g/mol. The monoisotopic (exact) mass is 229 g/mol. The van der Waals surface area contributed by atoms with E-state index in [1.165, 1.54) is 24.3 Å². The van der Waals surface area contributed by atoms with E-state index in [9.17, 15) is 18.3 Å². The minimum atomic E-state index is -4.43. The lowest BCUT2D eigenvalue weighted by atomic mass is 9.92. The smallest absolute Gasteiger partial charge is 0.385 e. The average molecular weight is 229 g/mol. The van der Waals surface area contributed by atoms with E-state index in [0.717, 1.165) is 6.92 Å². The summed E-state index contributed by atoms with van der Waals surface area (Å²) in [5.41, 5.74) is -1.48. The van der Waals surface area contributed by atoms with E-state index >= 15 is 0 Å². The molecule has 0 aromatic heterocycles. The normalized spacial score (nSPS) is 15.2. The highest BCUT2D eigenvalue weighted by Crippen LogP contribution is 2.34. The summed E-state index contributed by atoms with van der Waals surface area (Å²) in [5, 5.41) is 18.2. The van der Waals surface area contributed by atoms with Crippen LogP contribution in [0.2, 0.25) is 0 Å². The summed E-state index contributed by atoms with van der Waals surface area (Å²) < 4.78 is 36.5. The average Bonchev–Trinajstić information content (AvgIpc) is 2.14. The van der Waals surface area contributed by atoms with Crippen LogP contribution in [0.25, 0.3) is 0 Å². The second-order valence-electron chi connectivity index (χ2n) is 3.75. The van der Waals surface area contributed by atoms with Crippen molar-refractivity contribution in [2.45, 2.75) is 25.1 Å². The molecule has 0 aliphatic heterocycles. The number of halogens is 3. The van der Waals surface area contributed by atoms with Crippen LogP contribution in [0.1, 0.15) is 24.5 Å². The molecule has 0 heterocycles. The summed E-state index contributed by atoms with van der Waals surface area (Å²) in [6.45, 7) is 1.10. The number of hydrogen-bond donors (Lipinski definition) is 1. The van der Waals surface area contributed by atoms with E-state index < -0.39 is 18.2 Å². The maximum atomic E-state index is 12.2. The Balaban J connectivity index is 2.94. The highest BCUT2D eigenvalue weighted by molar-refractivity contribution is 5.33. The summed E-state index contributed by atoms with van der Waals surface area (Å²) in [4.78, 5) is 0. The Hall–Kier alpha value is -1.54. The van der Waals surface area contributed by atoms with Gasteiger partial charge in [0.05, 0.1) is 23.7 Å². The van der Waals surface area contributed by atoms with Crippen LogP contribution < -0.4 is 0 Å². The van der Waals surface area contributed by atoms with Gasteiger partial charge in [-0.25, -0.2) is 0 Å². The highest BCUT2D eigenvalue weighted by atomic mass is 19.4. The number of alkyl halides is 3. The molecule has 0 aliphatic carbocycles. The van der Waals surface area contributed by atoms with Gasteiger partial charge in [0.2, 0.25) is 0 Å². The lowest BCUT2D eigenvalue weighted by Gasteiger charge is -2.25. The SMILES string of the molecule is CC(O)(CC(F)(F)F)c1ccc(C#N)cc1. The summed E-state index contributed by atoms with van der Waals surface area (Å²) >= 11 is 0. The zero-order chi connectivity index (χ0) is 12.4. The Morgan fingerprint density at radius 1 is 1.25 bits per heavy atom. The molecule has 0 bridgehead atoms. The zero-order valence-corrected chi connectivity index (χ0v) is 8.54. The van der Waals surface area contributed by atoms with Crippen molar-refractivity contribution in [3.8, 4) is 6.07 Å². The van der Waals surface area contributed by atoms with Gasteiger partial charge in [-0.15, -0.1) is 0 Å². The molecule has 1 rings (SSSR count). The number of aliphatic hydroxyl groups is 1. The molecule has 1 unspecified atom stereocenters. The van der Waals surface area contributed by atoms with Crippen molar-refractivity contribution >= 4 is 0 Å². The van der Waals surface area contributed by atoms with Gasteiger partial charge in [-0.05, 0) is 24.6 Å². The van der Waals surface area contributed by atoms with Crippen LogP contribution in [0.3, 0.4) is 0 Å². The topological polar surface area (TPSA) is 44.0 Å². The Labute approximate surface area is 90.9 Å². The first-order valence-corrected chi connectivity index (χ1v) is 4.54. The molecule has 86 valence electrons. The van der Waals surface area contributed by atoms with Crippen LogP contribution in [0.4, 0.5) is 13.2 Å². The molecule has 2 nitrogen and oxygen atoms in total. The minimum absolute atomic E-state index is 0.142. The third-order valence-electron chi connectivity index (χ3n) is 2.18. The number of hydrogen-bond acceptors (Lipinski definition) is 2. The maximum absolute atomic E-state index is 12.2. The third kappa shape index (κ3) is 3.24. The number of benzene rings is 1. The van der Waals surface area contributed by atoms with Crippen molar-refractivity contribution in [3.63, 3.8) is 0 Å². The first kappa shape index (κ1) is 12.5. The Morgan fingerprint density at radius 2 is 1.75 bits per heavy atom. The molecule has 1 N–H and O–H groups in total. The van der Waals surface area contributed by atoms with Gasteiger partial charge in [0.1, 0.15) is 0 Å². The van der Waals surface area contributed by atoms with Crippen LogP contribution in [-0.2, 0) is 5.60 Å². The second-order valence-corrected chi connectivity index (χ2v) is 3.75. The highest BCUT2D eigenvalue weighted by Gasteiger charge is 2.39. The Bertz CT molecular complexity index is 401. The quantitative estimate of drug-likeness (QED) is 0.847. The van der Waals surface area contributed by atoms with Gasteiger partial charge in [0.25, 0.3) is 0 Å². The van der Waals surface area contributed by atoms with E-state index in [1.54, 1.807) is 0 Å². The summed E-state index contributed by atoms with van der Waals surface area (Å²) in [6.07, 6.45) is -5.75. The lowest BCUT2D eigenvalue weighted by Crippen LogP contribution is -2.28. The Kier molecular flexibility index (Phi) is 3.24. The molecular formula is C11H10F3NO. The van der Waals surface area contributed by atoms with Gasteiger partial charge < -0.3 is 5.11 Å². The van der Waals surface area contributed by atoms with Crippen molar-refractivity contribution in [2.75, 3.05) is 0 Å². The van der Waals surface area contributed by atoms with E-state index in [-0.39, 0.29) is 5.56 Å². The van der Waals surface area contributed by atoms with Crippen molar-refractivity contribution in [3.05, 3.63) is 35.4 Å². The van der Waals surface area contributed by atoms with Crippen LogP contribution in [-0.4, -0.2) is 11.3 Å².